The Morgan fingerprint density at radius 3 is 2.58 bits per heavy atom. The topological polar surface area (TPSA) is 133 Å². The molecule has 1 fully saturated rings. The highest BCUT2D eigenvalue weighted by molar-refractivity contribution is 5.97. The highest BCUT2D eigenvalue weighted by Crippen LogP contribution is 2.25. The molecule has 0 saturated carbocycles. The van der Waals surface area contributed by atoms with E-state index in [0.717, 1.165) is 5.39 Å². The Bertz CT molecular complexity index is 1080. The predicted octanol–water partition coefficient (Wildman–Crippen LogP) is 1.02. The van der Waals surface area contributed by atoms with E-state index in [9.17, 15) is 19.5 Å². The number of nitrogens with one attached hydrogen (secondary N) is 2. The Hall–Kier alpha value is -3.12. The number of hydrazine groups is 1. The molecule has 1 aromatic carbocycles. The Labute approximate surface area is 210 Å². The number of aliphatic hydroxyl groups is 1. The number of likely N-dealkylation sites (tertiary alicyclic amines) is 1. The van der Waals surface area contributed by atoms with Crippen LogP contribution in [0.4, 0.5) is 0 Å². The molecule has 1 aliphatic heterocycles. The molecule has 3 N–H and O–H groups in total. The van der Waals surface area contributed by atoms with E-state index in [1.807, 2.05) is 38.1 Å². The Morgan fingerprint density at radius 2 is 1.92 bits per heavy atom. The van der Waals surface area contributed by atoms with Gasteiger partial charge in [0.25, 0.3) is 5.91 Å². The van der Waals surface area contributed by atoms with E-state index in [1.165, 1.54) is 18.9 Å². The van der Waals surface area contributed by atoms with Crippen molar-refractivity contribution < 1.29 is 29.3 Å². The van der Waals surface area contributed by atoms with Gasteiger partial charge in [0.2, 0.25) is 11.8 Å². The van der Waals surface area contributed by atoms with Gasteiger partial charge in [0.05, 0.1) is 30.8 Å². The van der Waals surface area contributed by atoms with E-state index in [2.05, 4.69) is 15.7 Å². The lowest BCUT2D eigenvalue weighted by Crippen LogP contribution is -2.67. The van der Waals surface area contributed by atoms with Crippen LogP contribution in [0.2, 0.25) is 0 Å². The van der Waals surface area contributed by atoms with E-state index in [-0.39, 0.29) is 36.7 Å². The number of para-hydroxylation sites is 1. The summed E-state index contributed by atoms with van der Waals surface area (Å²) in [6.07, 6.45) is -0.640. The number of carbonyl (C=O) groups excluding carboxylic acids is 3. The number of nitrogens with zero attached hydrogens (tertiary/aromatic N) is 3. The van der Waals surface area contributed by atoms with Crippen LogP contribution < -0.4 is 10.7 Å². The van der Waals surface area contributed by atoms with Gasteiger partial charge < -0.3 is 15.3 Å². The summed E-state index contributed by atoms with van der Waals surface area (Å²) in [5.41, 5.74) is 3.66. The van der Waals surface area contributed by atoms with Gasteiger partial charge in [-0.3, -0.25) is 19.8 Å². The number of benzene rings is 1. The Morgan fingerprint density at radius 1 is 1.19 bits per heavy atom. The van der Waals surface area contributed by atoms with Crippen molar-refractivity contribution in [1.29, 1.82) is 0 Å². The molecule has 2 aromatic rings. The van der Waals surface area contributed by atoms with Gasteiger partial charge in [0, 0.05) is 24.9 Å². The molecule has 3 amide bonds. The van der Waals surface area contributed by atoms with E-state index in [1.54, 1.807) is 24.1 Å². The minimum Gasteiger partial charge on any atom is -0.389 e. The first-order valence-electron chi connectivity index (χ1n) is 12.0. The van der Waals surface area contributed by atoms with Gasteiger partial charge in [-0.1, -0.05) is 24.3 Å². The lowest BCUT2D eigenvalue weighted by Gasteiger charge is -2.47. The molecule has 11 heteroatoms. The molecule has 0 spiro atoms. The van der Waals surface area contributed by atoms with Gasteiger partial charge in [0.1, 0.15) is 18.3 Å². The van der Waals surface area contributed by atoms with Crippen molar-refractivity contribution in [3.8, 4) is 0 Å². The molecule has 1 aliphatic rings. The third kappa shape index (κ3) is 6.35. The maximum atomic E-state index is 13.4. The van der Waals surface area contributed by atoms with Crippen LogP contribution in [-0.4, -0.2) is 88.3 Å². The third-order valence-electron chi connectivity index (χ3n) is 6.24. The molecular formula is C25H35N5O6. The second-order valence-corrected chi connectivity index (χ2v) is 9.15. The van der Waals surface area contributed by atoms with Crippen LogP contribution >= 0.6 is 0 Å². The number of hydrogen-bond acceptors (Lipinski definition) is 8. The highest BCUT2D eigenvalue weighted by Gasteiger charge is 2.44. The van der Waals surface area contributed by atoms with E-state index in [4.69, 9.17) is 9.78 Å². The smallest absolute Gasteiger partial charge is 0.270 e. The van der Waals surface area contributed by atoms with Crippen molar-refractivity contribution in [2.75, 3.05) is 20.3 Å². The SMILES string of the molecule is COOCC1C(O)C(N(NC(C)=O)C(C)C)CCN1C(=O)C(C)NC(=O)c1ccc2ccccc2n1. The fourth-order valence-corrected chi connectivity index (χ4v) is 4.50. The van der Waals surface area contributed by atoms with Crippen molar-refractivity contribution in [1.82, 2.24) is 25.6 Å². The van der Waals surface area contributed by atoms with Crippen molar-refractivity contribution in [3.05, 3.63) is 42.1 Å². The average molecular weight is 502 g/mol. The Kier molecular flexibility index (Phi) is 9.32. The van der Waals surface area contributed by atoms with Crippen LogP contribution in [0.3, 0.4) is 0 Å². The van der Waals surface area contributed by atoms with Gasteiger partial charge in [-0.2, -0.15) is 0 Å². The van der Waals surface area contributed by atoms with Crippen LogP contribution in [0.15, 0.2) is 36.4 Å². The standard InChI is InChI=1S/C25H35N5O6/c1-15(2)30(28-17(4)31)21-12-13-29(22(23(21)32)14-36-35-5)25(34)16(3)26-24(33)20-11-10-18-8-6-7-9-19(18)27-20/h6-11,15-16,21-23,32H,12-14H2,1-5H3,(H,26,33)(H,28,31). The van der Waals surface area contributed by atoms with Crippen LogP contribution in [0.1, 0.15) is 44.6 Å². The molecule has 1 saturated heterocycles. The summed E-state index contributed by atoms with van der Waals surface area (Å²) in [5, 5.41) is 16.6. The molecule has 36 heavy (non-hydrogen) atoms. The number of carbonyl (C=O) groups is 3. The molecule has 0 aliphatic carbocycles. The van der Waals surface area contributed by atoms with E-state index in [0.29, 0.717) is 11.9 Å². The number of piperidine rings is 1. The Balaban J connectivity index is 1.74. The zero-order valence-electron chi connectivity index (χ0n) is 21.3. The number of amides is 3. The van der Waals surface area contributed by atoms with Gasteiger partial charge >= 0.3 is 0 Å². The molecule has 0 bridgehead atoms. The molecule has 3 rings (SSSR count). The third-order valence-corrected chi connectivity index (χ3v) is 6.24. The minimum atomic E-state index is -1.04. The summed E-state index contributed by atoms with van der Waals surface area (Å²) >= 11 is 0. The minimum absolute atomic E-state index is 0.0845. The fourth-order valence-electron chi connectivity index (χ4n) is 4.50. The monoisotopic (exact) mass is 501 g/mol. The van der Waals surface area contributed by atoms with Gasteiger partial charge in [0.15, 0.2) is 0 Å². The molecule has 4 atom stereocenters. The number of rotatable bonds is 9. The molecule has 2 heterocycles. The van der Waals surface area contributed by atoms with Crippen LogP contribution in [-0.2, 0) is 19.4 Å². The first-order chi connectivity index (χ1) is 17.1. The maximum Gasteiger partial charge on any atom is 0.270 e. The second kappa shape index (κ2) is 12.2. The number of fused-ring (bicyclic) bond motifs is 1. The lowest BCUT2D eigenvalue weighted by atomic mass is 9.92. The fraction of sp³-hybridized carbons (Fsp3) is 0.520. The summed E-state index contributed by atoms with van der Waals surface area (Å²) in [7, 11) is 1.34. The van der Waals surface area contributed by atoms with Gasteiger partial charge in [-0.15, -0.1) is 0 Å². The van der Waals surface area contributed by atoms with Crippen molar-refractivity contribution in [3.63, 3.8) is 0 Å². The van der Waals surface area contributed by atoms with Crippen LogP contribution in [0.5, 0.6) is 0 Å². The zero-order valence-corrected chi connectivity index (χ0v) is 21.3. The summed E-state index contributed by atoms with van der Waals surface area (Å²) < 4.78 is 0. The van der Waals surface area contributed by atoms with Crippen LogP contribution in [0.25, 0.3) is 10.9 Å². The average Bonchev–Trinajstić information content (AvgIpc) is 2.85. The lowest BCUT2D eigenvalue weighted by molar-refractivity contribution is -0.287. The molecule has 4 unspecified atom stereocenters. The number of pyridine rings is 1. The summed E-state index contributed by atoms with van der Waals surface area (Å²) in [6.45, 7) is 7.00. The number of aromatic nitrogens is 1. The van der Waals surface area contributed by atoms with Crippen molar-refractivity contribution in [2.45, 2.75) is 64.4 Å². The first kappa shape index (κ1) is 27.5. The number of aliphatic hydroxyl groups excluding tert-OH is 1. The molecule has 196 valence electrons. The predicted molar refractivity (Wildman–Crippen MR) is 132 cm³/mol. The van der Waals surface area contributed by atoms with Crippen molar-refractivity contribution >= 4 is 28.6 Å². The number of hydrogen-bond donors (Lipinski definition) is 3. The first-order valence-corrected chi connectivity index (χ1v) is 12.0. The highest BCUT2D eigenvalue weighted by atomic mass is 17.2. The molecule has 0 radical (unpaired) electrons. The van der Waals surface area contributed by atoms with E-state index < -0.39 is 30.1 Å². The zero-order chi connectivity index (χ0) is 26.4. The largest absolute Gasteiger partial charge is 0.389 e. The molecular weight excluding hydrogens is 466 g/mol. The maximum absolute atomic E-state index is 13.4. The van der Waals surface area contributed by atoms with E-state index >= 15 is 0 Å². The van der Waals surface area contributed by atoms with Gasteiger partial charge in [-0.25, -0.2) is 19.8 Å². The summed E-state index contributed by atoms with van der Waals surface area (Å²) in [6, 6.07) is 8.69. The summed E-state index contributed by atoms with van der Waals surface area (Å²) in [5.74, 6) is -1.10. The van der Waals surface area contributed by atoms with Crippen LogP contribution in [0, 0.1) is 0 Å². The molecule has 11 nitrogen and oxygen atoms in total. The van der Waals surface area contributed by atoms with Gasteiger partial charge in [-0.05, 0) is 39.3 Å². The quantitative estimate of drug-likeness (QED) is 0.343. The molecule has 1 aromatic heterocycles. The summed E-state index contributed by atoms with van der Waals surface area (Å²) in [4.78, 5) is 53.7. The van der Waals surface area contributed by atoms with Crippen molar-refractivity contribution in [2.24, 2.45) is 0 Å². The normalized spacial score (nSPS) is 21.0. The second-order valence-electron chi connectivity index (χ2n) is 9.15.